The zero-order valence-electron chi connectivity index (χ0n) is 12.5. The van der Waals surface area contributed by atoms with E-state index in [9.17, 15) is 4.79 Å². The third-order valence-corrected chi connectivity index (χ3v) is 3.74. The van der Waals surface area contributed by atoms with E-state index in [1.165, 1.54) is 0 Å². The van der Waals surface area contributed by atoms with Gasteiger partial charge in [-0.3, -0.25) is 4.98 Å². The van der Waals surface area contributed by atoms with Crippen LogP contribution in [0.25, 0.3) is 0 Å². The summed E-state index contributed by atoms with van der Waals surface area (Å²) < 4.78 is 10.8. The van der Waals surface area contributed by atoms with Crippen LogP contribution >= 0.6 is 0 Å². The summed E-state index contributed by atoms with van der Waals surface area (Å²) in [5.74, 6) is 1.59. The van der Waals surface area contributed by atoms with Gasteiger partial charge in [-0.15, -0.1) is 0 Å². The Morgan fingerprint density at radius 3 is 3.00 bits per heavy atom. The van der Waals surface area contributed by atoms with Gasteiger partial charge in [0.15, 0.2) is 0 Å². The Labute approximate surface area is 129 Å². The highest BCUT2D eigenvalue weighted by Crippen LogP contribution is 2.33. The molecule has 1 N–H and O–H groups in total. The first-order valence-corrected chi connectivity index (χ1v) is 7.33. The summed E-state index contributed by atoms with van der Waals surface area (Å²) in [6.45, 7) is 1.16. The lowest BCUT2D eigenvalue weighted by molar-refractivity contribution is 0.157. The molecule has 1 atom stereocenters. The molecule has 22 heavy (non-hydrogen) atoms. The van der Waals surface area contributed by atoms with Gasteiger partial charge < -0.3 is 19.4 Å². The van der Waals surface area contributed by atoms with Gasteiger partial charge in [0.2, 0.25) is 0 Å². The smallest absolute Gasteiger partial charge is 0.322 e. The molecule has 0 saturated carbocycles. The number of hydrogen-bond acceptors (Lipinski definition) is 4. The van der Waals surface area contributed by atoms with E-state index in [0.717, 1.165) is 36.6 Å². The molecule has 1 saturated heterocycles. The van der Waals surface area contributed by atoms with Gasteiger partial charge in [-0.2, -0.15) is 0 Å². The van der Waals surface area contributed by atoms with Crippen molar-refractivity contribution in [1.82, 2.24) is 9.88 Å². The number of carbonyl (C=O) groups excluding carboxylic acids is 1. The highest BCUT2D eigenvalue weighted by Gasteiger charge is 2.32. The second-order valence-electron chi connectivity index (χ2n) is 5.25. The Morgan fingerprint density at radius 2 is 2.23 bits per heavy atom. The SMILES string of the molecule is COCc1ccc([C@@H]2CCCN2C(=O)Nc2ccncc2)o1. The van der Waals surface area contributed by atoms with E-state index in [1.807, 2.05) is 17.0 Å². The maximum absolute atomic E-state index is 12.5. The monoisotopic (exact) mass is 301 g/mol. The van der Waals surface area contributed by atoms with Crippen molar-refractivity contribution in [2.24, 2.45) is 0 Å². The molecule has 6 heteroatoms. The normalized spacial score (nSPS) is 17.7. The number of urea groups is 1. The summed E-state index contributed by atoms with van der Waals surface area (Å²) in [6.07, 6.45) is 5.18. The molecule has 0 unspecified atom stereocenters. The van der Waals surface area contributed by atoms with Gasteiger partial charge in [-0.25, -0.2) is 4.79 Å². The molecule has 0 bridgehead atoms. The van der Waals surface area contributed by atoms with Crippen molar-refractivity contribution in [3.05, 3.63) is 48.2 Å². The van der Waals surface area contributed by atoms with Crippen molar-refractivity contribution in [3.63, 3.8) is 0 Å². The highest BCUT2D eigenvalue weighted by atomic mass is 16.5. The third-order valence-electron chi connectivity index (χ3n) is 3.74. The van der Waals surface area contributed by atoms with Crippen LogP contribution in [-0.2, 0) is 11.3 Å². The van der Waals surface area contributed by atoms with Crippen LogP contribution in [0.5, 0.6) is 0 Å². The van der Waals surface area contributed by atoms with Gasteiger partial charge in [0.1, 0.15) is 18.1 Å². The molecule has 6 nitrogen and oxygen atoms in total. The fraction of sp³-hybridized carbons (Fsp3) is 0.375. The Bertz CT molecular complexity index is 627. The van der Waals surface area contributed by atoms with Crippen LogP contribution in [0.15, 0.2) is 41.1 Å². The predicted octanol–water partition coefficient (Wildman–Crippen LogP) is 3.19. The molecule has 116 valence electrons. The molecule has 2 aromatic rings. The molecule has 2 amide bonds. The van der Waals surface area contributed by atoms with Crippen molar-refractivity contribution >= 4 is 11.7 Å². The molecular formula is C16H19N3O3. The van der Waals surface area contributed by atoms with Crippen molar-refractivity contribution in [2.75, 3.05) is 19.0 Å². The summed E-state index contributed by atoms with van der Waals surface area (Å²) in [6, 6.07) is 7.23. The van der Waals surface area contributed by atoms with Gasteiger partial charge in [-0.1, -0.05) is 0 Å². The number of pyridine rings is 1. The molecule has 0 radical (unpaired) electrons. The van der Waals surface area contributed by atoms with E-state index in [-0.39, 0.29) is 12.1 Å². The number of rotatable bonds is 4. The fourth-order valence-electron chi connectivity index (χ4n) is 2.73. The molecule has 1 aliphatic heterocycles. The number of likely N-dealkylation sites (tertiary alicyclic amines) is 1. The minimum atomic E-state index is -0.113. The minimum Gasteiger partial charge on any atom is -0.461 e. The largest absolute Gasteiger partial charge is 0.461 e. The fourth-order valence-corrected chi connectivity index (χ4v) is 2.73. The summed E-state index contributed by atoms with van der Waals surface area (Å²) in [5.41, 5.74) is 0.741. The minimum absolute atomic E-state index is 0.0209. The number of hydrogen-bond donors (Lipinski definition) is 1. The van der Waals surface area contributed by atoms with Crippen molar-refractivity contribution in [2.45, 2.75) is 25.5 Å². The lowest BCUT2D eigenvalue weighted by atomic mass is 10.2. The van der Waals surface area contributed by atoms with Gasteiger partial charge in [0.05, 0.1) is 6.04 Å². The van der Waals surface area contributed by atoms with E-state index in [0.29, 0.717) is 6.61 Å². The van der Waals surface area contributed by atoms with Gasteiger partial charge >= 0.3 is 6.03 Å². The van der Waals surface area contributed by atoms with Crippen LogP contribution in [0.1, 0.15) is 30.4 Å². The molecule has 0 aliphatic carbocycles. The first-order valence-electron chi connectivity index (χ1n) is 7.33. The maximum atomic E-state index is 12.5. The predicted molar refractivity (Wildman–Crippen MR) is 81.4 cm³/mol. The molecule has 2 aromatic heterocycles. The van der Waals surface area contributed by atoms with Crippen LogP contribution in [-0.4, -0.2) is 29.6 Å². The first kappa shape index (κ1) is 14.6. The number of carbonyl (C=O) groups is 1. The van der Waals surface area contributed by atoms with Crippen LogP contribution in [0.4, 0.5) is 10.5 Å². The molecule has 0 spiro atoms. The first-order chi connectivity index (χ1) is 10.8. The van der Waals surface area contributed by atoms with Crippen LogP contribution in [0.2, 0.25) is 0 Å². The molecule has 0 aromatic carbocycles. The Balaban J connectivity index is 1.70. The summed E-state index contributed by atoms with van der Waals surface area (Å²) in [5, 5.41) is 2.90. The Hall–Kier alpha value is -2.34. The second-order valence-corrected chi connectivity index (χ2v) is 5.25. The Kier molecular flexibility index (Phi) is 4.39. The Morgan fingerprint density at radius 1 is 1.41 bits per heavy atom. The maximum Gasteiger partial charge on any atom is 0.322 e. The molecule has 1 aliphatic rings. The highest BCUT2D eigenvalue weighted by molar-refractivity contribution is 5.89. The standard InChI is InChI=1S/C16H19N3O3/c1-21-11-13-4-5-15(22-13)14-3-2-10-19(14)16(20)18-12-6-8-17-9-7-12/h4-9,14H,2-3,10-11H2,1H3,(H,17,18,20)/t14-/m0/s1. The van der Waals surface area contributed by atoms with Crippen molar-refractivity contribution in [1.29, 1.82) is 0 Å². The zero-order valence-corrected chi connectivity index (χ0v) is 12.5. The molecule has 3 heterocycles. The number of furan rings is 1. The molecule has 3 rings (SSSR count). The number of aromatic nitrogens is 1. The van der Waals surface area contributed by atoms with Gasteiger partial charge in [-0.05, 0) is 37.1 Å². The average molecular weight is 301 g/mol. The number of nitrogens with one attached hydrogen (secondary N) is 1. The quantitative estimate of drug-likeness (QED) is 0.941. The number of ether oxygens (including phenoxy) is 1. The second kappa shape index (κ2) is 6.62. The van der Waals surface area contributed by atoms with E-state index in [4.69, 9.17) is 9.15 Å². The number of nitrogens with zero attached hydrogens (tertiary/aromatic N) is 2. The topological polar surface area (TPSA) is 67.6 Å². The number of methoxy groups -OCH3 is 1. The van der Waals surface area contributed by atoms with E-state index in [1.54, 1.807) is 31.6 Å². The summed E-state index contributed by atoms with van der Waals surface area (Å²) in [7, 11) is 1.63. The van der Waals surface area contributed by atoms with Gasteiger partial charge in [0.25, 0.3) is 0 Å². The van der Waals surface area contributed by atoms with E-state index < -0.39 is 0 Å². The van der Waals surface area contributed by atoms with E-state index in [2.05, 4.69) is 10.3 Å². The number of amides is 2. The number of anilines is 1. The zero-order chi connectivity index (χ0) is 15.4. The summed E-state index contributed by atoms with van der Waals surface area (Å²) in [4.78, 5) is 18.2. The lowest BCUT2D eigenvalue weighted by Crippen LogP contribution is -2.34. The summed E-state index contributed by atoms with van der Waals surface area (Å²) >= 11 is 0. The molecule has 1 fully saturated rings. The average Bonchev–Trinajstić information content (AvgIpc) is 3.17. The van der Waals surface area contributed by atoms with Crippen LogP contribution in [0.3, 0.4) is 0 Å². The third kappa shape index (κ3) is 3.12. The van der Waals surface area contributed by atoms with Crippen LogP contribution < -0.4 is 5.32 Å². The lowest BCUT2D eigenvalue weighted by Gasteiger charge is -2.23. The van der Waals surface area contributed by atoms with Gasteiger partial charge in [0, 0.05) is 31.7 Å². The van der Waals surface area contributed by atoms with Crippen molar-refractivity contribution in [3.8, 4) is 0 Å². The van der Waals surface area contributed by atoms with Crippen molar-refractivity contribution < 1.29 is 13.9 Å². The van der Waals surface area contributed by atoms with Crippen LogP contribution in [0, 0.1) is 0 Å². The van der Waals surface area contributed by atoms with E-state index >= 15 is 0 Å². The molecular weight excluding hydrogens is 282 g/mol.